The van der Waals surface area contributed by atoms with Gasteiger partial charge in [0.25, 0.3) is 0 Å². The van der Waals surface area contributed by atoms with Gasteiger partial charge in [0.15, 0.2) is 11.5 Å². The Bertz CT molecular complexity index is 1460. The van der Waals surface area contributed by atoms with E-state index in [4.69, 9.17) is 19.8 Å². The number of carbonyl (C=O) groups is 2. The van der Waals surface area contributed by atoms with Crippen LogP contribution in [0, 0.1) is 6.92 Å². The molecule has 17 heteroatoms. The molecular weight excluding hydrogens is 594 g/mol. The number of fused-ring (bicyclic) bond motifs is 1. The van der Waals surface area contributed by atoms with E-state index in [-0.39, 0.29) is 0 Å². The van der Waals surface area contributed by atoms with Gasteiger partial charge in [0, 0.05) is 68.0 Å². The van der Waals surface area contributed by atoms with Gasteiger partial charge in [-0.05, 0) is 36.1 Å². The lowest BCUT2D eigenvalue weighted by atomic mass is 10.2. The van der Waals surface area contributed by atoms with Crippen molar-refractivity contribution >= 4 is 34.7 Å². The number of hydrogen-bond acceptors (Lipinski definition) is 8. The standard InChI is InChI=1S/C21H22N6S.2C2HF3O2/c1-16-4-13-28-19(16)15-25-9-11-26(12-10-25)20-21-24-14-18(27(21)8-7-23-20)17-2-5-22-6-3-17;2*3-2(4,5)1(6)7/h2-8,13-14H,9-12,15H2,1H3;2*(H,6,7). The topological polar surface area (TPSA) is 124 Å². The summed E-state index contributed by atoms with van der Waals surface area (Å²) in [5.41, 5.74) is 4.49. The molecule has 1 fully saturated rings. The minimum Gasteiger partial charge on any atom is -0.475 e. The molecule has 1 aliphatic heterocycles. The molecule has 0 aliphatic carbocycles. The number of pyridine rings is 1. The summed E-state index contributed by atoms with van der Waals surface area (Å²) in [5, 5.41) is 16.4. The maximum atomic E-state index is 10.6. The zero-order chi connectivity index (χ0) is 31.1. The molecule has 2 N–H and O–H groups in total. The molecule has 0 unspecified atom stereocenters. The molecule has 10 nitrogen and oxygen atoms in total. The normalized spacial score (nSPS) is 14.0. The molecule has 1 saturated heterocycles. The maximum Gasteiger partial charge on any atom is 0.490 e. The van der Waals surface area contributed by atoms with Crippen LogP contribution in [0.2, 0.25) is 0 Å². The number of hydrogen-bond donors (Lipinski definition) is 2. The van der Waals surface area contributed by atoms with E-state index < -0.39 is 24.3 Å². The van der Waals surface area contributed by atoms with E-state index in [1.807, 2.05) is 54.5 Å². The molecule has 0 aromatic carbocycles. The summed E-state index contributed by atoms with van der Waals surface area (Å²) in [6, 6.07) is 6.23. The van der Waals surface area contributed by atoms with E-state index in [9.17, 15) is 26.3 Å². The lowest BCUT2D eigenvalue weighted by Gasteiger charge is -2.35. The average Bonchev–Trinajstić information content (AvgIpc) is 3.55. The van der Waals surface area contributed by atoms with Crippen molar-refractivity contribution < 1.29 is 46.1 Å². The molecule has 4 aromatic rings. The van der Waals surface area contributed by atoms with Crippen molar-refractivity contribution in [2.24, 2.45) is 0 Å². The van der Waals surface area contributed by atoms with Crippen molar-refractivity contribution in [3.8, 4) is 11.3 Å². The SMILES string of the molecule is Cc1ccsc1CN1CCN(c2nccn3c(-c4ccncc4)cnc23)CC1.O=C(O)C(F)(F)F.O=C(O)C(F)(F)F. The summed E-state index contributed by atoms with van der Waals surface area (Å²) in [6.07, 6.45) is -0.768. The number of carboxylic acid groups (broad SMARTS) is 2. The lowest BCUT2D eigenvalue weighted by molar-refractivity contribution is -0.193. The van der Waals surface area contributed by atoms with E-state index in [1.54, 1.807) is 0 Å². The second kappa shape index (κ2) is 13.6. The fourth-order valence-electron chi connectivity index (χ4n) is 3.75. The molecule has 0 amide bonds. The van der Waals surface area contributed by atoms with Gasteiger partial charge in [0.2, 0.25) is 0 Å². The van der Waals surface area contributed by atoms with Crippen LogP contribution in [0.4, 0.5) is 32.2 Å². The predicted octanol–water partition coefficient (Wildman–Crippen LogP) is 4.75. The van der Waals surface area contributed by atoms with Gasteiger partial charge >= 0.3 is 24.3 Å². The Labute approximate surface area is 238 Å². The van der Waals surface area contributed by atoms with E-state index in [0.29, 0.717) is 0 Å². The Balaban J connectivity index is 0.000000289. The lowest BCUT2D eigenvalue weighted by Crippen LogP contribution is -2.46. The zero-order valence-electron chi connectivity index (χ0n) is 21.8. The predicted molar refractivity (Wildman–Crippen MR) is 140 cm³/mol. The molecule has 0 saturated carbocycles. The summed E-state index contributed by atoms with van der Waals surface area (Å²) in [5.74, 6) is -4.55. The number of nitrogens with zero attached hydrogens (tertiary/aromatic N) is 6. The molecule has 0 atom stereocenters. The van der Waals surface area contributed by atoms with Crippen LogP contribution in [0.25, 0.3) is 16.9 Å². The van der Waals surface area contributed by atoms with Gasteiger partial charge in [-0.3, -0.25) is 14.3 Å². The van der Waals surface area contributed by atoms with Gasteiger partial charge in [-0.1, -0.05) is 0 Å². The number of imidazole rings is 1. The van der Waals surface area contributed by atoms with Crippen LogP contribution in [0.3, 0.4) is 0 Å². The molecule has 1 aliphatic rings. The number of aromatic nitrogens is 4. The van der Waals surface area contributed by atoms with Crippen LogP contribution in [0.1, 0.15) is 10.4 Å². The Morgan fingerprint density at radius 3 is 1.98 bits per heavy atom. The number of anilines is 1. The van der Waals surface area contributed by atoms with E-state index in [2.05, 4.69) is 47.5 Å². The largest absolute Gasteiger partial charge is 0.490 e. The summed E-state index contributed by atoms with van der Waals surface area (Å²) < 4.78 is 65.6. The fraction of sp³-hybridized carbons (Fsp3) is 0.320. The Kier molecular flexibility index (Phi) is 10.5. The second-order valence-electron chi connectivity index (χ2n) is 8.72. The van der Waals surface area contributed by atoms with Crippen LogP contribution in [0.5, 0.6) is 0 Å². The Hall–Kier alpha value is -4.25. The first kappa shape index (κ1) is 32.3. The summed E-state index contributed by atoms with van der Waals surface area (Å²) in [4.78, 5) is 37.6. The molecule has 5 rings (SSSR count). The summed E-state index contributed by atoms with van der Waals surface area (Å²) in [6.45, 7) is 7.26. The molecule has 0 bridgehead atoms. The minimum absolute atomic E-state index is 0.914. The van der Waals surface area contributed by atoms with E-state index in [1.165, 1.54) is 10.4 Å². The smallest absolute Gasteiger partial charge is 0.475 e. The van der Waals surface area contributed by atoms with Gasteiger partial charge in [0.1, 0.15) is 0 Å². The number of aliphatic carboxylic acids is 2. The molecule has 0 radical (unpaired) electrons. The number of thiophene rings is 1. The molecule has 0 spiro atoms. The van der Waals surface area contributed by atoms with Crippen LogP contribution in [0.15, 0.2) is 54.6 Å². The van der Waals surface area contributed by atoms with Crippen molar-refractivity contribution in [1.29, 1.82) is 0 Å². The summed E-state index contributed by atoms with van der Waals surface area (Å²) >= 11 is 1.86. The number of aryl methyl sites for hydroxylation is 1. The highest BCUT2D eigenvalue weighted by atomic mass is 32.1. The van der Waals surface area contributed by atoms with Crippen molar-refractivity contribution in [3.63, 3.8) is 0 Å². The van der Waals surface area contributed by atoms with E-state index in [0.717, 1.165) is 55.4 Å². The maximum absolute atomic E-state index is 10.6. The highest BCUT2D eigenvalue weighted by Gasteiger charge is 2.38. The first-order valence-electron chi connectivity index (χ1n) is 12.0. The molecule has 4 aromatic heterocycles. The number of carboxylic acids is 2. The van der Waals surface area contributed by atoms with Crippen molar-refractivity contribution in [2.75, 3.05) is 31.1 Å². The van der Waals surface area contributed by atoms with Crippen molar-refractivity contribution in [1.82, 2.24) is 24.3 Å². The number of alkyl halides is 6. The van der Waals surface area contributed by atoms with Crippen molar-refractivity contribution in [3.05, 3.63) is 65.0 Å². The highest BCUT2D eigenvalue weighted by Crippen LogP contribution is 2.26. The number of piperazine rings is 1. The number of rotatable bonds is 4. The average molecular weight is 619 g/mol. The molecule has 42 heavy (non-hydrogen) atoms. The molecular formula is C25H24F6N6O4S. The Morgan fingerprint density at radius 2 is 1.48 bits per heavy atom. The Morgan fingerprint density at radius 1 is 0.905 bits per heavy atom. The number of halogens is 6. The van der Waals surface area contributed by atoms with Gasteiger partial charge in [-0.25, -0.2) is 19.6 Å². The second-order valence-corrected chi connectivity index (χ2v) is 9.72. The van der Waals surface area contributed by atoms with Crippen LogP contribution in [-0.4, -0.2) is 84.9 Å². The highest BCUT2D eigenvalue weighted by molar-refractivity contribution is 7.10. The monoisotopic (exact) mass is 618 g/mol. The van der Waals surface area contributed by atoms with Gasteiger partial charge in [0.05, 0.1) is 11.9 Å². The first-order chi connectivity index (χ1) is 19.7. The summed E-state index contributed by atoms with van der Waals surface area (Å²) in [7, 11) is 0. The third kappa shape index (κ3) is 8.62. The minimum atomic E-state index is -5.08. The first-order valence-corrected chi connectivity index (χ1v) is 12.9. The third-order valence-corrected chi connectivity index (χ3v) is 6.89. The fourth-order valence-corrected chi connectivity index (χ4v) is 4.70. The zero-order valence-corrected chi connectivity index (χ0v) is 22.6. The molecule has 226 valence electrons. The molecule has 5 heterocycles. The van der Waals surface area contributed by atoms with Crippen molar-refractivity contribution in [2.45, 2.75) is 25.8 Å². The third-order valence-electron chi connectivity index (χ3n) is 5.88. The van der Waals surface area contributed by atoms with Gasteiger partial charge in [-0.2, -0.15) is 26.3 Å². The van der Waals surface area contributed by atoms with Crippen LogP contribution < -0.4 is 4.90 Å². The van der Waals surface area contributed by atoms with Crippen LogP contribution >= 0.6 is 11.3 Å². The van der Waals surface area contributed by atoms with Gasteiger partial charge < -0.3 is 15.1 Å². The van der Waals surface area contributed by atoms with E-state index >= 15 is 0 Å². The van der Waals surface area contributed by atoms with Crippen LogP contribution in [-0.2, 0) is 16.1 Å². The van der Waals surface area contributed by atoms with Gasteiger partial charge in [-0.15, -0.1) is 11.3 Å². The quantitative estimate of drug-likeness (QED) is 0.312.